The van der Waals surface area contributed by atoms with E-state index in [1.54, 1.807) is 107 Å². The highest BCUT2D eigenvalue weighted by Gasteiger charge is 2.68. The number of carbonyl (C=O) groups is 6. The highest BCUT2D eigenvalue weighted by atomic mass is 16.6. The minimum absolute atomic E-state index is 0.0611. The number of methoxy groups -OCH3 is 1. The van der Waals surface area contributed by atoms with Gasteiger partial charge in [-0.3, -0.25) is 25.1 Å². The van der Waals surface area contributed by atoms with E-state index >= 15 is 0 Å². The Labute approximate surface area is 356 Å². The van der Waals surface area contributed by atoms with Crippen molar-refractivity contribution in [3.8, 4) is 5.75 Å². The Morgan fingerprint density at radius 2 is 1.28 bits per heavy atom. The van der Waals surface area contributed by atoms with Crippen molar-refractivity contribution in [3.63, 3.8) is 0 Å². The largest absolute Gasteiger partial charge is 0.497 e. The number of hydrogen-bond acceptors (Lipinski definition) is 15. The molecular weight excluding hydrogens is 800 g/mol. The van der Waals surface area contributed by atoms with E-state index in [0.717, 1.165) is 18.7 Å². The average Bonchev–Trinajstić information content (AvgIpc) is 3.39. The Hall–Kier alpha value is -5.66. The van der Waals surface area contributed by atoms with Crippen LogP contribution >= 0.6 is 0 Å². The monoisotopic (exact) mass is 862 g/mol. The molecule has 2 N–H and O–H groups in total. The molecule has 1 aromatic carbocycles. The van der Waals surface area contributed by atoms with Crippen LogP contribution < -0.4 is 15.4 Å². The third-order valence-electron chi connectivity index (χ3n) is 8.09. The van der Waals surface area contributed by atoms with E-state index in [-0.39, 0.29) is 19.6 Å². The number of guanidine groups is 2. The van der Waals surface area contributed by atoms with E-state index in [2.05, 4.69) is 15.6 Å². The summed E-state index contributed by atoms with van der Waals surface area (Å²) < 4.78 is 46.0. The predicted molar refractivity (Wildman–Crippen MR) is 220 cm³/mol. The lowest BCUT2D eigenvalue weighted by atomic mass is 9.88. The second-order valence-corrected chi connectivity index (χ2v) is 18.2. The second kappa shape index (κ2) is 19.4. The van der Waals surface area contributed by atoms with Gasteiger partial charge < -0.3 is 37.9 Å². The Kier molecular flexibility index (Phi) is 15.8. The van der Waals surface area contributed by atoms with Gasteiger partial charge in [-0.15, -0.1) is 4.99 Å². The molecule has 20 heteroatoms. The third-order valence-corrected chi connectivity index (χ3v) is 8.09. The molecule has 2 heterocycles. The van der Waals surface area contributed by atoms with Crippen LogP contribution in [0.5, 0.6) is 5.75 Å². The van der Waals surface area contributed by atoms with E-state index in [1.807, 2.05) is 0 Å². The molecule has 1 aromatic rings. The molecule has 0 radical (unpaired) electrons. The van der Waals surface area contributed by atoms with Gasteiger partial charge in [0.25, 0.3) is 0 Å². The van der Waals surface area contributed by atoms with Gasteiger partial charge in [0.05, 0.1) is 26.4 Å². The maximum Gasteiger partial charge on any atom is 0.437 e. The molecule has 2 aliphatic heterocycles. The lowest BCUT2D eigenvalue weighted by Crippen LogP contribution is -2.77. The SMILES string of the molecule is COc1ccc(COC[C@H]2[C@H](N=C(NC(=O)OC(C)(C)C)NC(=O)OC(C)(C)C)[C@@]3(OC(C)=O)[C@@H](OC(C)=O)CCN3/C(=N\C(=O)OC(C)(C)C)N2C(=O)OC(C)(C)C)cc1. The molecule has 0 spiro atoms. The molecule has 20 nitrogen and oxygen atoms in total. The first-order valence-corrected chi connectivity index (χ1v) is 19.7. The quantitative estimate of drug-likeness (QED) is 0.136. The summed E-state index contributed by atoms with van der Waals surface area (Å²) in [6.07, 6.45) is -5.77. The van der Waals surface area contributed by atoms with Gasteiger partial charge in [0.15, 0.2) is 6.10 Å². The van der Waals surface area contributed by atoms with Crippen molar-refractivity contribution >= 4 is 48.2 Å². The number of hydrogen-bond donors (Lipinski definition) is 2. The average molecular weight is 863 g/mol. The van der Waals surface area contributed by atoms with Crippen LogP contribution in [-0.4, -0.2) is 125 Å². The molecular formula is C41H62N6O14. The lowest BCUT2D eigenvalue weighted by molar-refractivity contribution is -0.213. The normalized spacial score (nSPS) is 21.0. The van der Waals surface area contributed by atoms with Crippen molar-refractivity contribution in [1.29, 1.82) is 0 Å². The Morgan fingerprint density at radius 1 is 0.754 bits per heavy atom. The molecule has 0 aromatic heterocycles. The summed E-state index contributed by atoms with van der Waals surface area (Å²) in [6, 6.07) is 3.76. The van der Waals surface area contributed by atoms with Crippen LogP contribution in [0.2, 0.25) is 0 Å². The number of rotatable bonds is 8. The van der Waals surface area contributed by atoms with Crippen LogP contribution in [-0.2, 0) is 49.4 Å². The van der Waals surface area contributed by atoms with Crippen molar-refractivity contribution in [2.45, 2.75) is 156 Å². The van der Waals surface area contributed by atoms with Gasteiger partial charge in [0, 0.05) is 26.8 Å². The van der Waals surface area contributed by atoms with Gasteiger partial charge in [-0.2, -0.15) is 0 Å². The molecule has 2 fully saturated rings. The van der Waals surface area contributed by atoms with Crippen LogP contribution in [0.3, 0.4) is 0 Å². The maximum atomic E-state index is 14.6. The van der Waals surface area contributed by atoms with Crippen molar-refractivity contribution in [3.05, 3.63) is 29.8 Å². The van der Waals surface area contributed by atoms with Crippen LogP contribution in [0.15, 0.2) is 34.3 Å². The molecule has 4 atom stereocenters. The fourth-order valence-electron chi connectivity index (χ4n) is 6.27. The van der Waals surface area contributed by atoms with Crippen molar-refractivity contribution in [2.75, 3.05) is 20.3 Å². The van der Waals surface area contributed by atoms with Gasteiger partial charge in [0.2, 0.25) is 17.6 Å². The number of benzene rings is 1. The highest BCUT2D eigenvalue weighted by molar-refractivity contribution is 6.03. The molecule has 0 saturated carbocycles. The van der Waals surface area contributed by atoms with Gasteiger partial charge in [-0.1, -0.05) is 12.1 Å². The molecule has 0 bridgehead atoms. The number of aliphatic imine (C=N–C) groups is 2. The lowest BCUT2D eigenvalue weighted by Gasteiger charge is -2.54. The zero-order valence-corrected chi connectivity index (χ0v) is 37.9. The molecule has 4 amide bonds. The first kappa shape index (κ1) is 49.7. The molecule has 340 valence electrons. The summed E-state index contributed by atoms with van der Waals surface area (Å²) in [5, 5.41) is 4.85. The number of nitrogens with one attached hydrogen (secondary N) is 2. The van der Waals surface area contributed by atoms with Gasteiger partial charge in [-0.25, -0.2) is 29.1 Å². The van der Waals surface area contributed by atoms with Crippen molar-refractivity contribution in [2.24, 2.45) is 9.98 Å². The first-order chi connectivity index (χ1) is 27.9. The fourth-order valence-corrected chi connectivity index (χ4v) is 6.27. The Balaban J connectivity index is 2.50. The topological polar surface area (TPSA) is 232 Å². The van der Waals surface area contributed by atoms with Crippen LogP contribution in [0.1, 0.15) is 109 Å². The summed E-state index contributed by atoms with van der Waals surface area (Å²) in [4.78, 5) is 92.5. The van der Waals surface area contributed by atoms with E-state index in [4.69, 9.17) is 42.9 Å². The molecule has 3 rings (SSSR count). The Bertz CT molecular complexity index is 1810. The van der Waals surface area contributed by atoms with Crippen molar-refractivity contribution < 1.29 is 66.7 Å². The number of ether oxygens (including phenoxy) is 8. The summed E-state index contributed by atoms with van der Waals surface area (Å²) in [5.74, 6) is -2.12. The zero-order valence-electron chi connectivity index (χ0n) is 37.9. The van der Waals surface area contributed by atoms with Gasteiger partial charge >= 0.3 is 36.3 Å². The summed E-state index contributed by atoms with van der Waals surface area (Å²) in [6.45, 7) is 20.9. The summed E-state index contributed by atoms with van der Waals surface area (Å²) in [5.41, 5.74) is -5.80. The number of amides is 4. The maximum absolute atomic E-state index is 14.6. The number of esters is 2. The van der Waals surface area contributed by atoms with Crippen LogP contribution in [0, 0.1) is 0 Å². The van der Waals surface area contributed by atoms with E-state index in [0.29, 0.717) is 11.3 Å². The Morgan fingerprint density at radius 3 is 1.74 bits per heavy atom. The van der Waals surface area contributed by atoms with E-state index in [9.17, 15) is 28.8 Å². The number of carbonyl (C=O) groups excluding carboxylic acids is 6. The smallest absolute Gasteiger partial charge is 0.437 e. The van der Waals surface area contributed by atoms with Gasteiger partial charge in [-0.05, 0) is 101 Å². The standard InChI is InChI=1S/C41H62N6O14/c1-24(48)56-29-20-21-46-32(45-35(52)60-39(9,10)11)47(36(53)61-40(12,13)14)28(23-55-22-26-16-18-27(54-15)19-17-26)30(41(29,46)57-25(2)49)42-31(43-33(50)58-37(3,4)5)44-34(51)59-38(6,7)8/h16-19,28-30H,20-23H2,1-15H3,(H2,42,43,44,50,51)/b45-32+/t28-,29-,30-,41-/m0/s1. The fraction of sp³-hybridized carbons (Fsp3) is 0.659. The molecule has 61 heavy (non-hydrogen) atoms. The second-order valence-electron chi connectivity index (χ2n) is 18.2. The third kappa shape index (κ3) is 14.8. The highest BCUT2D eigenvalue weighted by Crippen LogP contribution is 2.45. The molecule has 0 aliphatic carbocycles. The zero-order chi connectivity index (χ0) is 46.3. The van der Waals surface area contributed by atoms with E-state index in [1.165, 1.54) is 12.0 Å². The van der Waals surface area contributed by atoms with E-state index < -0.39 is 101 Å². The number of alkyl carbamates (subject to hydrolysis) is 2. The predicted octanol–water partition coefficient (Wildman–Crippen LogP) is 5.79. The summed E-state index contributed by atoms with van der Waals surface area (Å²) in [7, 11) is 1.52. The van der Waals surface area contributed by atoms with Gasteiger partial charge in [0.1, 0.15) is 34.2 Å². The molecule has 2 saturated heterocycles. The van der Waals surface area contributed by atoms with Crippen molar-refractivity contribution in [1.82, 2.24) is 20.4 Å². The van der Waals surface area contributed by atoms with Crippen LogP contribution in [0.25, 0.3) is 0 Å². The first-order valence-electron chi connectivity index (χ1n) is 19.7. The minimum Gasteiger partial charge on any atom is -0.497 e. The molecule has 2 aliphatic rings. The molecule has 0 unspecified atom stereocenters. The minimum atomic E-state index is -2.26. The summed E-state index contributed by atoms with van der Waals surface area (Å²) >= 11 is 0. The van der Waals surface area contributed by atoms with Crippen LogP contribution in [0.4, 0.5) is 19.2 Å². The number of fused-ring (bicyclic) bond motifs is 1. The number of nitrogens with zero attached hydrogens (tertiary/aromatic N) is 4.